The van der Waals surface area contributed by atoms with Crippen molar-refractivity contribution in [3.8, 4) is 0 Å². The topological polar surface area (TPSA) is 68.0 Å². The van der Waals surface area contributed by atoms with Gasteiger partial charge in [-0.3, -0.25) is 9.78 Å². The summed E-state index contributed by atoms with van der Waals surface area (Å²) in [6.45, 7) is 0. The van der Waals surface area contributed by atoms with Gasteiger partial charge >= 0.3 is 0 Å². The molecule has 4 rings (SSSR count). The van der Waals surface area contributed by atoms with Crippen molar-refractivity contribution in [1.29, 1.82) is 0 Å². The molecule has 0 spiro atoms. The van der Waals surface area contributed by atoms with Gasteiger partial charge in [0.15, 0.2) is 0 Å². The van der Waals surface area contributed by atoms with Gasteiger partial charge < -0.3 is 11.1 Å². The van der Waals surface area contributed by atoms with E-state index in [0.29, 0.717) is 0 Å². The summed E-state index contributed by atoms with van der Waals surface area (Å²) in [5, 5.41) is 3.52. The summed E-state index contributed by atoms with van der Waals surface area (Å²) in [4.78, 5) is 15.8. The molecule has 1 heterocycles. The number of benzene rings is 1. The Balaban J connectivity index is 1.64. The molecule has 0 radical (unpaired) electrons. The lowest BCUT2D eigenvalue weighted by Gasteiger charge is -2.14. The summed E-state index contributed by atoms with van der Waals surface area (Å²) < 4.78 is 0. The number of carbonyl (C=O) groups is 1. The third-order valence-corrected chi connectivity index (χ3v) is 4.54. The van der Waals surface area contributed by atoms with Gasteiger partial charge in [0.1, 0.15) is 0 Å². The lowest BCUT2D eigenvalue weighted by molar-refractivity contribution is -0.117. The highest BCUT2D eigenvalue weighted by molar-refractivity contribution is 5.79. The number of primary amides is 1. The average Bonchev–Trinajstić information content (AvgIpc) is 3.27. The normalized spacial score (nSPS) is 14.5. The molecule has 25 heavy (non-hydrogen) atoms. The number of rotatable bonds is 5. The third-order valence-electron chi connectivity index (χ3n) is 4.54. The molecule has 2 aliphatic carbocycles. The molecule has 1 aromatic heterocycles. The van der Waals surface area contributed by atoms with Crippen LogP contribution in [0.3, 0.4) is 0 Å². The predicted octanol–water partition coefficient (Wildman–Crippen LogP) is 3.45. The fourth-order valence-electron chi connectivity index (χ4n) is 3.34. The second-order valence-corrected chi connectivity index (χ2v) is 6.38. The van der Waals surface area contributed by atoms with Crippen LogP contribution in [0.15, 0.2) is 54.3 Å². The molecule has 0 saturated carbocycles. The molecule has 3 N–H and O–H groups in total. The number of allylic oxidation sites excluding steroid dienone is 3. The number of nitrogens with two attached hydrogens (primary N) is 1. The monoisotopic (exact) mass is 329 g/mol. The number of hydrogen-bond donors (Lipinski definition) is 2. The van der Waals surface area contributed by atoms with Crippen molar-refractivity contribution in [1.82, 2.24) is 4.98 Å². The van der Waals surface area contributed by atoms with Crippen LogP contribution in [0, 0.1) is 0 Å². The highest BCUT2D eigenvalue weighted by Crippen LogP contribution is 2.33. The standard InChI is InChI=1S/C21H19N3O/c22-21(25)12-14-8-10-16(11-9-14)23-20-13-19(15-4-1-2-5-15)24-18-7-3-6-17(18)20/h1-2,4,8-11,13H,3,6-7,12H2,(H2,22,25)(H,23,24). The summed E-state index contributed by atoms with van der Waals surface area (Å²) in [6.07, 6.45) is 9.41. The van der Waals surface area contributed by atoms with E-state index >= 15 is 0 Å². The Hall–Kier alpha value is -3.10. The number of nitrogens with one attached hydrogen (secondary N) is 1. The Labute approximate surface area is 146 Å². The summed E-state index contributed by atoms with van der Waals surface area (Å²) in [5.74, 6) is -0.316. The highest BCUT2D eigenvalue weighted by atomic mass is 16.1. The van der Waals surface area contributed by atoms with Crippen LogP contribution in [0.2, 0.25) is 0 Å². The zero-order valence-electron chi connectivity index (χ0n) is 13.9. The lowest BCUT2D eigenvalue weighted by Crippen LogP contribution is -2.13. The van der Waals surface area contributed by atoms with Crippen molar-refractivity contribution in [3.05, 3.63) is 76.8 Å². The van der Waals surface area contributed by atoms with E-state index < -0.39 is 0 Å². The summed E-state index contributed by atoms with van der Waals surface area (Å²) in [7, 11) is 0. The molecule has 0 atom stereocenters. The Kier molecular flexibility index (Phi) is 3.96. The molecule has 4 nitrogen and oxygen atoms in total. The maximum Gasteiger partial charge on any atom is 0.221 e. The number of anilines is 2. The van der Waals surface area contributed by atoms with E-state index in [2.05, 4.69) is 17.1 Å². The molecular weight excluding hydrogens is 310 g/mol. The van der Waals surface area contributed by atoms with E-state index in [9.17, 15) is 4.79 Å². The molecule has 2 aromatic rings. The maximum absolute atomic E-state index is 11.0. The minimum absolute atomic E-state index is 0.266. The van der Waals surface area contributed by atoms with Gasteiger partial charge in [0, 0.05) is 22.6 Å². The van der Waals surface area contributed by atoms with Crippen molar-refractivity contribution in [2.24, 2.45) is 5.73 Å². The summed E-state index contributed by atoms with van der Waals surface area (Å²) in [5.41, 5.74) is 16.0. The predicted molar refractivity (Wildman–Crippen MR) is 99.5 cm³/mol. The molecule has 0 bridgehead atoms. The van der Waals surface area contributed by atoms with Crippen molar-refractivity contribution >= 4 is 22.9 Å². The number of aromatic nitrogens is 1. The zero-order valence-corrected chi connectivity index (χ0v) is 13.9. The second-order valence-electron chi connectivity index (χ2n) is 6.38. The van der Waals surface area contributed by atoms with Gasteiger partial charge in [-0.25, -0.2) is 0 Å². The molecule has 0 unspecified atom stereocenters. The number of aryl methyl sites for hydroxylation is 1. The molecule has 4 heteroatoms. The van der Waals surface area contributed by atoms with Crippen molar-refractivity contribution in [2.75, 3.05) is 5.32 Å². The summed E-state index contributed by atoms with van der Waals surface area (Å²) >= 11 is 0. The van der Waals surface area contributed by atoms with Crippen LogP contribution in [0.25, 0.3) is 5.57 Å². The number of nitrogens with zero attached hydrogens (tertiary/aromatic N) is 1. The fourth-order valence-corrected chi connectivity index (χ4v) is 3.34. The Bertz CT molecular complexity index is 932. The zero-order chi connectivity index (χ0) is 17.2. The van der Waals surface area contributed by atoms with Crippen molar-refractivity contribution < 1.29 is 4.79 Å². The Morgan fingerprint density at radius 3 is 2.80 bits per heavy atom. The number of hydrogen-bond acceptors (Lipinski definition) is 3. The molecule has 2 aliphatic rings. The largest absolute Gasteiger partial charge is 0.369 e. The van der Waals surface area contributed by atoms with Gasteiger partial charge in [0.05, 0.1) is 12.1 Å². The first-order valence-corrected chi connectivity index (χ1v) is 8.50. The van der Waals surface area contributed by atoms with Gasteiger partial charge in [-0.1, -0.05) is 18.2 Å². The van der Waals surface area contributed by atoms with Crippen molar-refractivity contribution in [2.45, 2.75) is 25.7 Å². The molecular formula is C21H19N3O. The lowest BCUT2D eigenvalue weighted by atomic mass is 10.1. The van der Waals surface area contributed by atoms with Gasteiger partial charge in [-0.15, -0.1) is 5.73 Å². The molecule has 1 aromatic carbocycles. The van der Waals surface area contributed by atoms with E-state index in [1.54, 1.807) is 0 Å². The smallest absolute Gasteiger partial charge is 0.221 e. The number of fused-ring (bicyclic) bond motifs is 1. The van der Waals surface area contributed by atoms with Crippen LogP contribution in [0.4, 0.5) is 11.4 Å². The van der Waals surface area contributed by atoms with E-state index in [1.165, 1.54) is 11.3 Å². The van der Waals surface area contributed by atoms with E-state index in [1.807, 2.05) is 42.5 Å². The summed E-state index contributed by atoms with van der Waals surface area (Å²) in [6, 6.07) is 9.93. The SMILES string of the molecule is NC(=O)Cc1ccc(Nc2cc(C3=C=CC=C3)nc3c2CCC3)cc1. The first kappa shape index (κ1) is 15.4. The molecule has 0 fully saturated rings. The minimum Gasteiger partial charge on any atom is -0.369 e. The Morgan fingerprint density at radius 1 is 1.24 bits per heavy atom. The molecule has 124 valence electrons. The highest BCUT2D eigenvalue weighted by Gasteiger charge is 2.19. The quantitative estimate of drug-likeness (QED) is 0.826. The second kappa shape index (κ2) is 6.42. The first-order chi connectivity index (χ1) is 12.2. The van der Waals surface area contributed by atoms with Crippen LogP contribution in [0.1, 0.15) is 28.9 Å². The first-order valence-electron chi connectivity index (χ1n) is 8.50. The van der Waals surface area contributed by atoms with Gasteiger partial charge in [-0.05, 0) is 60.7 Å². The molecule has 0 saturated heterocycles. The van der Waals surface area contributed by atoms with E-state index in [-0.39, 0.29) is 12.3 Å². The molecule has 1 amide bonds. The fraction of sp³-hybridized carbons (Fsp3) is 0.190. The maximum atomic E-state index is 11.0. The van der Waals surface area contributed by atoms with Gasteiger partial charge in [-0.2, -0.15) is 0 Å². The van der Waals surface area contributed by atoms with Gasteiger partial charge in [0.25, 0.3) is 0 Å². The minimum atomic E-state index is -0.316. The van der Waals surface area contributed by atoms with E-state index in [0.717, 1.165) is 47.5 Å². The third kappa shape index (κ3) is 3.25. The number of amides is 1. The Morgan fingerprint density at radius 2 is 2.08 bits per heavy atom. The van der Waals surface area contributed by atoms with Crippen molar-refractivity contribution in [3.63, 3.8) is 0 Å². The van der Waals surface area contributed by atoms with Crippen LogP contribution in [-0.4, -0.2) is 10.9 Å². The average molecular weight is 329 g/mol. The van der Waals surface area contributed by atoms with Crippen LogP contribution < -0.4 is 11.1 Å². The molecule has 0 aliphatic heterocycles. The number of pyridine rings is 1. The van der Waals surface area contributed by atoms with Gasteiger partial charge in [0.2, 0.25) is 5.91 Å². The number of carbonyl (C=O) groups excluding carboxylic acids is 1. The van der Waals surface area contributed by atoms with E-state index in [4.69, 9.17) is 10.7 Å². The van der Waals surface area contributed by atoms with Crippen LogP contribution in [0.5, 0.6) is 0 Å². The van der Waals surface area contributed by atoms with Crippen LogP contribution >= 0.6 is 0 Å². The van der Waals surface area contributed by atoms with Crippen LogP contribution in [-0.2, 0) is 24.1 Å².